The maximum Gasteiger partial charge on any atom is 0.251 e. The van der Waals surface area contributed by atoms with Gasteiger partial charge in [-0.3, -0.25) is 9.59 Å². The topological polar surface area (TPSA) is 49.4 Å². The van der Waals surface area contributed by atoms with Gasteiger partial charge in [-0.1, -0.05) is 72.3 Å². The highest BCUT2D eigenvalue weighted by Gasteiger charge is 2.32. The summed E-state index contributed by atoms with van der Waals surface area (Å²) in [5.74, 6) is 0.495. The zero-order chi connectivity index (χ0) is 21.6. The Labute approximate surface area is 191 Å². The quantitative estimate of drug-likeness (QED) is 0.545. The average molecular weight is 451 g/mol. The van der Waals surface area contributed by atoms with E-state index in [0.29, 0.717) is 29.4 Å². The van der Waals surface area contributed by atoms with Gasteiger partial charge in [-0.2, -0.15) is 0 Å². The van der Waals surface area contributed by atoms with Gasteiger partial charge in [-0.05, 0) is 41.3 Å². The molecule has 0 unspecified atom stereocenters. The predicted molar refractivity (Wildman–Crippen MR) is 126 cm³/mol. The Hall–Kier alpha value is -2.76. The lowest BCUT2D eigenvalue weighted by atomic mass is 10.1. The first-order valence-corrected chi connectivity index (χ1v) is 11.6. The molecule has 1 fully saturated rings. The largest absolute Gasteiger partial charge is 0.348 e. The number of amides is 2. The van der Waals surface area contributed by atoms with Crippen molar-refractivity contribution in [2.75, 3.05) is 12.3 Å². The molecule has 2 amide bonds. The van der Waals surface area contributed by atoms with E-state index in [1.54, 1.807) is 11.8 Å². The highest BCUT2D eigenvalue weighted by molar-refractivity contribution is 8.00. The van der Waals surface area contributed by atoms with Gasteiger partial charge < -0.3 is 10.2 Å². The van der Waals surface area contributed by atoms with E-state index in [4.69, 9.17) is 11.6 Å². The van der Waals surface area contributed by atoms with Crippen LogP contribution in [0.1, 0.15) is 32.4 Å². The summed E-state index contributed by atoms with van der Waals surface area (Å²) in [6.07, 6.45) is 0.826. The number of carbonyl (C=O) groups excluding carboxylic acids is 2. The van der Waals surface area contributed by atoms with E-state index in [1.807, 2.05) is 71.6 Å². The van der Waals surface area contributed by atoms with Gasteiger partial charge in [-0.25, -0.2) is 0 Å². The van der Waals surface area contributed by atoms with Crippen LogP contribution in [-0.2, 0) is 17.8 Å². The van der Waals surface area contributed by atoms with E-state index in [9.17, 15) is 9.59 Å². The Morgan fingerprint density at radius 1 is 1.00 bits per heavy atom. The molecule has 4 nitrogen and oxygen atoms in total. The Kier molecular flexibility index (Phi) is 6.95. The molecule has 6 heteroatoms. The Morgan fingerprint density at radius 2 is 1.71 bits per heavy atom. The highest BCUT2D eigenvalue weighted by atomic mass is 35.5. The van der Waals surface area contributed by atoms with Crippen molar-refractivity contribution in [3.8, 4) is 0 Å². The first kappa shape index (κ1) is 21.5. The fourth-order valence-electron chi connectivity index (χ4n) is 3.58. The predicted octanol–water partition coefficient (Wildman–Crippen LogP) is 5.09. The molecule has 1 saturated heterocycles. The molecule has 1 heterocycles. The van der Waals surface area contributed by atoms with Crippen LogP contribution in [0.15, 0.2) is 78.9 Å². The molecule has 0 aliphatic carbocycles. The lowest BCUT2D eigenvalue weighted by Gasteiger charge is -2.24. The van der Waals surface area contributed by atoms with E-state index in [1.165, 1.54) is 5.56 Å². The maximum atomic E-state index is 12.5. The first-order chi connectivity index (χ1) is 15.1. The number of carbonyl (C=O) groups is 2. The minimum atomic E-state index is -0.150. The molecule has 31 heavy (non-hydrogen) atoms. The van der Waals surface area contributed by atoms with E-state index in [2.05, 4.69) is 17.4 Å². The molecule has 0 aromatic heterocycles. The minimum absolute atomic E-state index is 0.0172. The van der Waals surface area contributed by atoms with Crippen molar-refractivity contribution in [2.24, 2.45) is 0 Å². The number of thioether (sulfide) groups is 1. The van der Waals surface area contributed by atoms with E-state index >= 15 is 0 Å². The van der Waals surface area contributed by atoms with Gasteiger partial charge in [0, 0.05) is 23.7 Å². The number of rotatable bonds is 7. The highest BCUT2D eigenvalue weighted by Crippen LogP contribution is 2.38. The summed E-state index contributed by atoms with van der Waals surface area (Å²) in [7, 11) is 0. The first-order valence-electron chi connectivity index (χ1n) is 10.2. The lowest BCUT2D eigenvalue weighted by Crippen LogP contribution is -2.30. The number of nitrogens with one attached hydrogen (secondary N) is 1. The van der Waals surface area contributed by atoms with Crippen LogP contribution < -0.4 is 5.32 Å². The molecule has 0 radical (unpaired) electrons. The molecule has 3 aromatic rings. The number of halogens is 1. The Balaban J connectivity index is 1.38. The van der Waals surface area contributed by atoms with Crippen LogP contribution in [0.4, 0.5) is 0 Å². The third-order valence-corrected chi connectivity index (χ3v) is 6.93. The summed E-state index contributed by atoms with van der Waals surface area (Å²) in [6, 6.07) is 25.2. The molecule has 1 atom stereocenters. The molecule has 0 saturated carbocycles. The van der Waals surface area contributed by atoms with Gasteiger partial charge in [0.2, 0.25) is 5.91 Å². The molecular formula is C25H23ClN2O2S. The van der Waals surface area contributed by atoms with Gasteiger partial charge in [0.15, 0.2) is 0 Å². The fraction of sp³-hybridized carbons (Fsp3) is 0.200. The standard InChI is InChI=1S/C25H23ClN2O2S/c26-22-9-5-4-8-21(22)16-27-24(30)19-10-12-20(13-11-19)25-28(23(29)17-31-25)15-14-18-6-2-1-3-7-18/h1-13,25H,14-17H2,(H,27,30)/t25-/m1/s1. The second-order valence-corrected chi connectivity index (χ2v) is 8.86. The molecule has 0 spiro atoms. The SMILES string of the molecule is O=C(NCc1ccccc1Cl)c1ccc([C@H]2SCC(=O)N2CCc2ccccc2)cc1. The number of benzene rings is 3. The van der Waals surface area contributed by atoms with Crippen LogP contribution >= 0.6 is 23.4 Å². The third-order valence-electron chi connectivity index (χ3n) is 5.31. The van der Waals surface area contributed by atoms with Crippen molar-refractivity contribution in [2.45, 2.75) is 18.3 Å². The number of nitrogens with zero attached hydrogens (tertiary/aromatic N) is 1. The van der Waals surface area contributed by atoms with Crippen molar-refractivity contribution in [1.29, 1.82) is 0 Å². The smallest absolute Gasteiger partial charge is 0.251 e. The number of hydrogen-bond acceptors (Lipinski definition) is 3. The third kappa shape index (κ3) is 5.30. The van der Waals surface area contributed by atoms with Gasteiger partial charge in [0.05, 0.1) is 5.75 Å². The molecule has 3 aromatic carbocycles. The molecule has 0 bridgehead atoms. The molecule has 1 N–H and O–H groups in total. The second kappa shape index (κ2) is 10.0. The fourth-order valence-corrected chi connectivity index (χ4v) is 5.01. The summed E-state index contributed by atoms with van der Waals surface area (Å²) in [4.78, 5) is 26.9. The average Bonchev–Trinajstić information content (AvgIpc) is 3.18. The summed E-state index contributed by atoms with van der Waals surface area (Å²) in [5, 5.41) is 3.52. The monoisotopic (exact) mass is 450 g/mol. The summed E-state index contributed by atoms with van der Waals surface area (Å²) in [5.41, 5.74) is 3.72. The van der Waals surface area contributed by atoms with Gasteiger partial charge in [0.25, 0.3) is 5.91 Å². The normalized spacial score (nSPS) is 15.8. The van der Waals surface area contributed by atoms with Crippen LogP contribution in [0.5, 0.6) is 0 Å². The maximum absolute atomic E-state index is 12.5. The van der Waals surface area contributed by atoms with E-state index in [-0.39, 0.29) is 17.2 Å². The molecular weight excluding hydrogens is 428 g/mol. The Morgan fingerprint density at radius 3 is 2.45 bits per heavy atom. The summed E-state index contributed by atoms with van der Waals surface area (Å²) < 4.78 is 0. The minimum Gasteiger partial charge on any atom is -0.348 e. The molecule has 1 aliphatic heterocycles. The van der Waals surface area contributed by atoms with Crippen molar-refractivity contribution in [1.82, 2.24) is 10.2 Å². The van der Waals surface area contributed by atoms with Gasteiger partial charge in [0.1, 0.15) is 5.37 Å². The lowest BCUT2D eigenvalue weighted by molar-refractivity contribution is -0.128. The van der Waals surface area contributed by atoms with Crippen LogP contribution in [0.3, 0.4) is 0 Å². The summed E-state index contributed by atoms with van der Waals surface area (Å²) >= 11 is 7.78. The van der Waals surface area contributed by atoms with Crippen LogP contribution in [-0.4, -0.2) is 29.0 Å². The van der Waals surface area contributed by atoms with Crippen molar-refractivity contribution in [3.05, 3.63) is 106 Å². The molecule has 1 aliphatic rings. The summed E-state index contributed by atoms with van der Waals surface area (Å²) in [6.45, 7) is 1.06. The second-order valence-electron chi connectivity index (χ2n) is 7.38. The van der Waals surface area contributed by atoms with Crippen LogP contribution in [0, 0.1) is 0 Å². The molecule has 4 rings (SSSR count). The van der Waals surface area contributed by atoms with Crippen molar-refractivity contribution < 1.29 is 9.59 Å². The van der Waals surface area contributed by atoms with Crippen molar-refractivity contribution in [3.63, 3.8) is 0 Å². The van der Waals surface area contributed by atoms with E-state index in [0.717, 1.165) is 17.5 Å². The zero-order valence-electron chi connectivity index (χ0n) is 17.0. The Bertz CT molecular complexity index is 1060. The van der Waals surface area contributed by atoms with Crippen molar-refractivity contribution >= 4 is 35.2 Å². The zero-order valence-corrected chi connectivity index (χ0v) is 18.5. The van der Waals surface area contributed by atoms with E-state index < -0.39 is 0 Å². The number of hydrogen-bond donors (Lipinski definition) is 1. The van der Waals surface area contributed by atoms with Crippen LogP contribution in [0.2, 0.25) is 5.02 Å². The van der Waals surface area contributed by atoms with Gasteiger partial charge >= 0.3 is 0 Å². The molecule has 158 valence electrons. The van der Waals surface area contributed by atoms with Crippen LogP contribution in [0.25, 0.3) is 0 Å². The van der Waals surface area contributed by atoms with Gasteiger partial charge in [-0.15, -0.1) is 11.8 Å².